The van der Waals surface area contributed by atoms with Crippen LogP contribution in [0.1, 0.15) is 32.6 Å². The van der Waals surface area contributed by atoms with Gasteiger partial charge in [-0.3, -0.25) is 0 Å². The highest BCUT2D eigenvalue weighted by Crippen LogP contribution is 2.30. The number of nitrogens with one attached hydrogen (secondary N) is 2. The molecule has 2 N–H and O–H groups in total. The van der Waals surface area contributed by atoms with E-state index in [4.69, 9.17) is 0 Å². The van der Waals surface area contributed by atoms with Gasteiger partial charge in [-0.2, -0.15) is 12.7 Å². The van der Waals surface area contributed by atoms with Gasteiger partial charge in [0.15, 0.2) is 0 Å². The summed E-state index contributed by atoms with van der Waals surface area (Å²) in [5, 5.41) is 3.28. The summed E-state index contributed by atoms with van der Waals surface area (Å²) in [7, 11) is -3.82. The van der Waals surface area contributed by atoms with E-state index < -0.39 is 16.3 Å². The molecule has 7 nitrogen and oxygen atoms in total. The lowest BCUT2D eigenvalue weighted by atomic mass is 10.2. The summed E-state index contributed by atoms with van der Waals surface area (Å²) in [5.74, 6) is 0.426. The van der Waals surface area contributed by atoms with Crippen molar-refractivity contribution in [2.24, 2.45) is 5.92 Å². The maximum absolute atomic E-state index is 12.3. The van der Waals surface area contributed by atoms with Crippen molar-refractivity contribution in [3.05, 3.63) is 0 Å². The first kappa shape index (κ1) is 15.5. The van der Waals surface area contributed by atoms with Gasteiger partial charge in [0.2, 0.25) is 0 Å². The first-order chi connectivity index (χ1) is 9.51. The molecule has 116 valence electrons. The van der Waals surface area contributed by atoms with Crippen LogP contribution in [0.25, 0.3) is 0 Å². The first-order valence-electron chi connectivity index (χ1n) is 7.19. The fourth-order valence-corrected chi connectivity index (χ4v) is 3.53. The van der Waals surface area contributed by atoms with Crippen molar-refractivity contribution in [2.45, 2.75) is 38.6 Å². The molecule has 1 amide bonds. The van der Waals surface area contributed by atoms with E-state index in [2.05, 4.69) is 10.1 Å². The highest BCUT2D eigenvalue weighted by molar-refractivity contribution is 7.87. The topological polar surface area (TPSA) is 87.7 Å². The quantitative estimate of drug-likeness (QED) is 0.712. The number of hydrogen-bond acceptors (Lipinski definition) is 5. The number of carbonyl (C=O) groups excluding carboxylic acids is 1. The Hall–Kier alpha value is -0.860. The van der Waals surface area contributed by atoms with Crippen molar-refractivity contribution < 1.29 is 17.9 Å². The lowest BCUT2D eigenvalue weighted by molar-refractivity contribution is 0.158. The van der Waals surface area contributed by atoms with Crippen LogP contribution >= 0.6 is 0 Å². The maximum Gasteiger partial charge on any atom is 0.421 e. The minimum atomic E-state index is -3.82. The number of rotatable bonds is 7. The zero-order valence-electron chi connectivity index (χ0n) is 11.8. The highest BCUT2D eigenvalue weighted by atomic mass is 32.2. The van der Waals surface area contributed by atoms with Gasteiger partial charge < -0.3 is 10.1 Å². The molecule has 2 aliphatic rings. The number of hydrogen-bond donors (Lipinski definition) is 2. The lowest BCUT2D eigenvalue weighted by Gasteiger charge is -2.25. The normalized spacial score (nSPS) is 23.0. The predicted molar refractivity (Wildman–Crippen MR) is 74.4 cm³/mol. The Kier molecular flexibility index (Phi) is 5.22. The molecule has 0 aromatic carbocycles. The first-order valence-corrected chi connectivity index (χ1v) is 8.63. The average molecular weight is 305 g/mol. The van der Waals surface area contributed by atoms with Crippen LogP contribution < -0.4 is 10.0 Å². The molecule has 0 radical (unpaired) electrons. The fraction of sp³-hybridized carbons (Fsp3) is 0.917. The SMILES string of the molecule is CCOC(=O)NS(=O)(=O)N(CC1CC1)CC1CCCN1. The molecule has 8 heteroatoms. The van der Waals surface area contributed by atoms with Gasteiger partial charge in [0.05, 0.1) is 6.61 Å². The Labute approximate surface area is 120 Å². The molecule has 2 fully saturated rings. The Balaban J connectivity index is 1.97. The van der Waals surface area contributed by atoms with E-state index in [9.17, 15) is 13.2 Å². The number of carbonyl (C=O) groups is 1. The second kappa shape index (κ2) is 6.73. The van der Waals surface area contributed by atoms with Gasteiger partial charge in [0.25, 0.3) is 0 Å². The van der Waals surface area contributed by atoms with Crippen LogP contribution in [-0.2, 0) is 14.9 Å². The monoisotopic (exact) mass is 305 g/mol. The van der Waals surface area contributed by atoms with Gasteiger partial charge in [-0.1, -0.05) is 0 Å². The molecule has 1 aliphatic heterocycles. The van der Waals surface area contributed by atoms with Crippen molar-refractivity contribution in [3.63, 3.8) is 0 Å². The summed E-state index contributed by atoms with van der Waals surface area (Å²) in [6.45, 7) is 3.59. The van der Waals surface area contributed by atoms with Crippen molar-refractivity contribution in [1.82, 2.24) is 14.3 Å². The molecule has 2 rings (SSSR count). The van der Waals surface area contributed by atoms with Gasteiger partial charge in [-0.15, -0.1) is 0 Å². The van der Waals surface area contributed by atoms with Crippen molar-refractivity contribution >= 4 is 16.3 Å². The molecular formula is C12H23N3O4S. The van der Waals surface area contributed by atoms with E-state index >= 15 is 0 Å². The molecule has 1 heterocycles. The summed E-state index contributed by atoms with van der Waals surface area (Å²) in [5.41, 5.74) is 0. The summed E-state index contributed by atoms with van der Waals surface area (Å²) < 4.78 is 32.5. The maximum atomic E-state index is 12.3. The Bertz CT molecular complexity index is 430. The summed E-state index contributed by atoms with van der Waals surface area (Å²) >= 11 is 0. The van der Waals surface area contributed by atoms with Crippen LogP contribution in [0.2, 0.25) is 0 Å². The molecule has 1 unspecified atom stereocenters. The standard InChI is InChI=1S/C12H23N3O4S/c1-2-19-12(16)14-20(17,18)15(8-10-5-6-10)9-11-4-3-7-13-11/h10-11,13H,2-9H2,1H3,(H,14,16). The molecule has 20 heavy (non-hydrogen) atoms. The van der Waals surface area contributed by atoms with Crippen LogP contribution in [0.5, 0.6) is 0 Å². The van der Waals surface area contributed by atoms with Gasteiger partial charge >= 0.3 is 16.3 Å². The molecule has 0 bridgehead atoms. The minimum absolute atomic E-state index is 0.147. The predicted octanol–water partition coefficient (Wildman–Crippen LogP) is 0.441. The molecule has 0 aromatic rings. The van der Waals surface area contributed by atoms with E-state index in [1.165, 1.54) is 4.31 Å². The average Bonchev–Trinajstić information content (AvgIpc) is 3.02. The van der Waals surface area contributed by atoms with E-state index in [-0.39, 0.29) is 12.6 Å². The number of amides is 1. The molecule has 0 aromatic heterocycles. The smallest absolute Gasteiger partial charge is 0.421 e. The van der Waals surface area contributed by atoms with E-state index in [1.54, 1.807) is 6.92 Å². The van der Waals surface area contributed by atoms with Crippen LogP contribution in [0.4, 0.5) is 4.79 Å². The van der Waals surface area contributed by atoms with Crippen molar-refractivity contribution in [2.75, 3.05) is 26.2 Å². The molecule has 1 saturated heterocycles. The number of ether oxygens (including phenoxy) is 1. The Morgan fingerprint density at radius 3 is 2.65 bits per heavy atom. The van der Waals surface area contributed by atoms with Gasteiger partial charge in [0.1, 0.15) is 0 Å². The molecule has 1 atom stereocenters. The molecule has 0 spiro atoms. The van der Waals surface area contributed by atoms with E-state index in [0.717, 1.165) is 32.2 Å². The molecule has 1 saturated carbocycles. The third-order valence-corrected chi connectivity index (χ3v) is 4.98. The van der Waals surface area contributed by atoms with Gasteiger partial charge in [-0.05, 0) is 45.1 Å². The molecular weight excluding hydrogens is 282 g/mol. The minimum Gasteiger partial charge on any atom is -0.449 e. The van der Waals surface area contributed by atoms with Crippen LogP contribution in [0, 0.1) is 5.92 Å². The zero-order valence-corrected chi connectivity index (χ0v) is 12.6. The third kappa shape index (κ3) is 4.60. The third-order valence-electron chi connectivity index (χ3n) is 3.57. The zero-order chi connectivity index (χ0) is 14.6. The summed E-state index contributed by atoms with van der Waals surface area (Å²) in [6, 6.07) is 0.174. The van der Waals surface area contributed by atoms with Gasteiger partial charge in [0, 0.05) is 19.1 Å². The fourth-order valence-electron chi connectivity index (χ4n) is 2.35. The van der Waals surface area contributed by atoms with Crippen molar-refractivity contribution in [3.8, 4) is 0 Å². The summed E-state index contributed by atoms with van der Waals surface area (Å²) in [4.78, 5) is 11.3. The van der Waals surface area contributed by atoms with Crippen LogP contribution in [0.15, 0.2) is 0 Å². The Morgan fingerprint density at radius 1 is 1.35 bits per heavy atom. The summed E-state index contributed by atoms with van der Waals surface area (Å²) in [6.07, 6.45) is 3.24. The van der Waals surface area contributed by atoms with E-state index in [1.807, 2.05) is 4.72 Å². The largest absolute Gasteiger partial charge is 0.449 e. The van der Waals surface area contributed by atoms with Crippen LogP contribution in [0.3, 0.4) is 0 Å². The van der Waals surface area contributed by atoms with Crippen LogP contribution in [-0.4, -0.2) is 51.1 Å². The highest BCUT2D eigenvalue weighted by Gasteiger charge is 2.33. The van der Waals surface area contributed by atoms with Crippen molar-refractivity contribution in [1.29, 1.82) is 0 Å². The van der Waals surface area contributed by atoms with E-state index in [0.29, 0.717) is 19.0 Å². The second-order valence-corrected chi connectivity index (χ2v) is 7.05. The second-order valence-electron chi connectivity index (χ2n) is 5.38. The lowest BCUT2D eigenvalue weighted by Crippen LogP contribution is -2.48. The molecule has 1 aliphatic carbocycles. The van der Waals surface area contributed by atoms with Gasteiger partial charge in [-0.25, -0.2) is 9.52 Å². The number of nitrogens with zero attached hydrogens (tertiary/aromatic N) is 1. The Morgan fingerprint density at radius 2 is 2.10 bits per heavy atom.